The normalized spacial score (nSPS) is 10.6. The molecule has 0 aliphatic carbocycles. The number of phenolic OH excluding ortho intramolecular Hbond substituents is 3. The zero-order chi connectivity index (χ0) is 17.9. The molecule has 7 nitrogen and oxygen atoms in total. The second-order valence-corrected chi connectivity index (χ2v) is 5.12. The van der Waals surface area contributed by atoms with Gasteiger partial charge in [0.15, 0.2) is 0 Å². The number of benzene rings is 2. The predicted octanol–water partition coefficient (Wildman–Crippen LogP) is 2.43. The lowest BCUT2D eigenvalue weighted by molar-refractivity contribution is -0.282. The molecule has 0 fully saturated rings. The third-order valence-corrected chi connectivity index (χ3v) is 3.42. The Labute approximate surface area is 138 Å². The van der Waals surface area contributed by atoms with Crippen LogP contribution >= 0.6 is 0 Å². The van der Waals surface area contributed by atoms with E-state index in [0.717, 1.165) is 0 Å². The number of ether oxygens (including phenoxy) is 1. The van der Waals surface area contributed by atoms with E-state index in [1.165, 1.54) is 38.5 Å². The summed E-state index contributed by atoms with van der Waals surface area (Å²) in [5, 5.41) is 29.9. The van der Waals surface area contributed by atoms with Gasteiger partial charge in [-0.05, 0) is 36.2 Å². The number of rotatable bonds is 6. The van der Waals surface area contributed by atoms with Crippen molar-refractivity contribution < 1.29 is 34.6 Å². The van der Waals surface area contributed by atoms with Crippen molar-refractivity contribution >= 4 is 5.78 Å². The molecule has 128 valence electrons. The van der Waals surface area contributed by atoms with Crippen molar-refractivity contribution in [3.05, 3.63) is 46.5 Å². The third kappa shape index (κ3) is 3.42. The van der Waals surface area contributed by atoms with Crippen LogP contribution in [0, 0.1) is 6.92 Å². The predicted molar refractivity (Wildman–Crippen MR) is 84.4 cm³/mol. The average molecular weight is 334 g/mol. The van der Waals surface area contributed by atoms with Gasteiger partial charge in [-0.15, -0.1) is 0 Å². The van der Waals surface area contributed by atoms with E-state index in [0.29, 0.717) is 5.56 Å². The van der Waals surface area contributed by atoms with E-state index in [1.807, 2.05) is 0 Å². The molecule has 0 saturated carbocycles. The zero-order valence-corrected chi connectivity index (χ0v) is 13.5. The van der Waals surface area contributed by atoms with Gasteiger partial charge in [-0.25, -0.2) is 9.78 Å². The van der Waals surface area contributed by atoms with Crippen LogP contribution in [0.25, 0.3) is 0 Å². The molecule has 0 radical (unpaired) electrons. The van der Waals surface area contributed by atoms with Gasteiger partial charge in [0, 0.05) is 6.07 Å². The molecule has 0 amide bonds. The number of ketones is 1. The van der Waals surface area contributed by atoms with Crippen molar-refractivity contribution in [1.82, 2.24) is 0 Å². The molecule has 0 spiro atoms. The van der Waals surface area contributed by atoms with Gasteiger partial charge >= 0.3 is 0 Å². The van der Waals surface area contributed by atoms with Crippen molar-refractivity contribution in [2.24, 2.45) is 0 Å². The van der Waals surface area contributed by atoms with Crippen LogP contribution in [0.15, 0.2) is 24.3 Å². The van der Waals surface area contributed by atoms with E-state index in [1.54, 1.807) is 6.92 Å². The summed E-state index contributed by atoms with van der Waals surface area (Å²) < 4.78 is 5.15. The SMILES string of the molecule is COOCc1cc(O)cc(OC)c1C(=O)c1c(O)cc(C)cc1O. The van der Waals surface area contributed by atoms with Crippen molar-refractivity contribution in [1.29, 1.82) is 0 Å². The van der Waals surface area contributed by atoms with Crippen LogP contribution in [0.3, 0.4) is 0 Å². The quantitative estimate of drug-likeness (QED) is 0.423. The lowest BCUT2D eigenvalue weighted by Gasteiger charge is -2.15. The summed E-state index contributed by atoms with van der Waals surface area (Å²) in [7, 11) is 2.64. The Balaban J connectivity index is 2.64. The van der Waals surface area contributed by atoms with Crippen molar-refractivity contribution in [2.45, 2.75) is 13.5 Å². The molecule has 0 saturated heterocycles. The minimum absolute atomic E-state index is 0.0433. The molecule has 24 heavy (non-hydrogen) atoms. The number of methoxy groups -OCH3 is 1. The van der Waals surface area contributed by atoms with Crippen LogP contribution in [-0.2, 0) is 16.4 Å². The van der Waals surface area contributed by atoms with E-state index in [4.69, 9.17) is 9.62 Å². The fourth-order valence-corrected chi connectivity index (χ4v) is 2.42. The van der Waals surface area contributed by atoms with E-state index < -0.39 is 5.78 Å². The highest BCUT2D eigenvalue weighted by molar-refractivity contribution is 6.15. The molecule has 0 atom stereocenters. The topological polar surface area (TPSA) is 105 Å². The standard InChI is InChI=1S/C17H18O7/c1-9-4-12(19)16(13(20)5-9)17(21)15-10(8-24-23-3)6-11(18)7-14(15)22-2/h4-7,18-20H,8H2,1-3H3. The first-order valence-electron chi connectivity index (χ1n) is 7.01. The Morgan fingerprint density at radius 2 is 1.62 bits per heavy atom. The maximum absolute atomic E-state index is 12.9. The molecule has 0 aromatic heterocycles. The van der Waals surface area contributed by atoms with E-state index in [2.05, 4.69) is 4.89 Å². The Morgan fingerprint density at radius 3 is 2.17 bits per heavy atom. The van der Waals surface area contributed by atoms with Crippen molar-refractivity contribution in [3.8, 4) is 23.0 Å². The minimum atomic E-state index is -0.670. The number of hydrogen-bond acceptors (Lipinski definition) is 7. The first kappa shape index (κ1) is 17.6. The molecule has 2 aromatic rings. The summed E-state index contributed by atoms with van der Waals surface area (Å²) in [6, 6.07) is 5.30. The Morgan fingerprint density at radius 1 is 1.00 bits per heavy atom. The van der Waals surface area contributed by atoms with Gasteiger partial charge < -0.3 is 20.1 Å². The number of phenols is 3. The lowest BCUT2D eigenvalue weighted by atomic mass is 9.95. The maximum Gasteiger partial charge on any atom is 0.204 e. The second kappa shape index (κ2) is 7.20. The zero-order valence-electron chi connectivity index (χ0n) is 13.5. The molecule has 0 unspecified atom stereocenters. The molecule has 2 aromatic carbocycles. The van der Waals surface area contributed by atoms with Crippen LogP contribution in [0.2, 0.25) is 0 Å². The summed E-state index contributed by atoms with van der Waals surface area (Å²) in [5.74, 6) is -1.43. The van der Waals surface area contributed by atoms with Crippen molar-refractivity contribution in [2.75, 3.05) is 14.2 Å². The molecular weight excluding hydrogens is 316 g/mol. The van der Waals surface area contributed by atoms with Gasteiger partial charge in [0.1, 0.15) is 35.2 Å². The van der Waals surface area contributed by atoms with Crippen LogP contribution in [0.5, 0.6) is 23.0 Å². The van der Waals surface area contributed by atoms with E-state index >= 15 is 0 Å². The van der Waals surface area contributed by atoms with E-state index in [9.17, 15) is 20.1 Å². The lowest BCUT2D eigenvalue weighted by Crippen LogP contribution is -2.10. The summed E-state index contributed by atoms with van der Waals surface area (Å²) in [5.41, 5.74) is 0.658. The first-order chi connectivity index (χ1) is 11.4. The highest BCUT2D eigenvalue weighted by Gasteiger charge is 2.25. The molecular formula is C17H18O7. The molecule has 3 N–H and O–H groups in total. The van der Waals surface area contributed by atoms with Gasteiger partial charge in [-0.2, -0.15) is 0 Å². The minimum Gasteiger partial charge on any atom is -0.508 e. The monoisotopic (exact) mass is 334 g/mol. The fourth-order valence-electron chi connectivity index (χ4n) is 2.42. The molecule has 0 heterocycles. The highest BCUT2D eigenvalue weighted by atomic mass is 17.2. The van der Waals surface area contributed by atoms with Crippen LogP contribution in [0.1, 0.15) is 27.0 Å². The molecule has 0 bridgehead atoms. The summed E-state index contributed by atoms with van der Waals surface area (Å²) in [6.07, 6.45) is 0. The number of hydrogen-bond donors (Lipinski definition) is 3. The van der Waals surface area contributed by atoms with Crippen LogP contribution < -0.4 is 4.74 Å². The second-order valence-electron chi connectivity index (χ2n) is 5.12. The Bertz CT molecular complexity index is 745. The number of aromatic hydroxyl groups is 3. The van der Waals surface area contributed by atoms with Crippen LogP contribution in [-0.4, -0.2) is 35.3 Å². The molecule has 2 rings (SSSR count). The smallest absolute Gasteiger partial charge is 0.204 e. The Hall–Kier alpha value is -2.77. The number of aryl methyl sites for hydroxylation is 1. The molecule has 0 aliphatic heterocycles. The molecule has 7 heteroatoms. The van der Waals surface area contributed by atoms with Crippen molar-refractivity contribution in [3.63, 3.8) is 0 Å². The summed E-state index contributed by atoms with van der Waals surface area (Å²) >= 11 is 0. The first-order valence-corrected chi connectivity index (χ1v) is 7.01. The van der Waals surface area contributed by atoms with Gasteiger partial charge in [-0.3, -0.25) is 4.79 Å². The summed E-state index contributed by atoms with van der Waals surface area (Å²) in [4.78, 5) is 22.3. The molecule has 0 aliphatic rings. The summed E-state index contributed by atoms with van der Waals surface area (Å²) in [6.45, 7) is 1.53. The maximum atomic E-state index is 12.9. The third-order valence-electron chi connectivity index (χ3n) is 3.42. The average Bonchev–Trinajstić information content (AvgIpc) is 2.50. The highest BCUT2D eigenvalue weighted by Crippen LogP contribution is 2.36. The Kier molecular flexibility index (Phi) is 5.28. The van der Waals surface area contributed by atoms with Gasteiger partial charge in [0.05, 0.1) is 19.8 Å². The number of carbonyl (C=O) groups excluding carboxylic acids is 1. The van der Waals surface area contributed by atoms with Crippen LogP contribution in [0.4, 0.5) is 0 Å². The number of carbonyl (C=O) groups is 1. The fraction of sp³-hybridized carbons (Fsp3) is 0.235. The van der Waals surface area contributed by atoms with Gasteiger partial charge in [0.25, 0.3) is 0 Å². The largest absolute Gasteiger partial charge is 0.508 e. The van der Waals surface area contributed by atoms with Gasteiger partial charge in [0.2, 0.25) is 5.78 Å². The van der Waals surface area contributed by atoms with E-state index in [-0.39, 0.29) is 46.3 Å². The van der Waals surface area contributed by atoms with Gasteiger partial charge in [-0.1, -0.05) is 0 Å².